The van der Waals surface area contributed by atoms with Crippen LogP contribution in [0.4, 0.5) is 0 Å². The van der Waals surface area contributed by atoms with E-state index in [4.69, 9.17) is 16.8 Å². The van der Waals surface area contributed by atoms with Gasteiger partial charge in [0.1, 0.15) is 0 Å². The summed E-state index contributed by atoms with van der Waals surface area (Å²) in [5, 5.41) is 0. The van der Waals surface area contributed by atoms with E-state index in [1.165, 1.54) is 0 Å². The summed E-state index contributed by atoms with van der Waals surface area (Å²) in [5.41, 5.74) is 0. The third kappa shape index (κ3) is 371. The van der Waals surface area contributed by atoms with E-state index in [2.05, 4.69) is 0 Å². The third-order valence-corrected chi connectivity index (χ3v) is 0. The molecule has 0 aromatic heterocycles. The van der Waals surface area contributed by atoms with Crippen molar-refractivity contribution >= 4 is 27.2 Å². The van der Waals surface area contributed by atoms with Crippen LogP contribution in [0, 0.1) is 0 Å². The van der Waals surface area contributed by atoms with Crippen LogP contribution >= 0.6 is 8.34 Å². The van der Waals surface area contributed by atoms with Crippen molar-refractivity contribution in [3.8, 4) is 0 Å². The molecule has 0 unspecified atom stereocenters. The molecule has 7 heavy (non-hydrogen) atoms. The molecule has 0 bridgehead atoms. The molecule has 0 aromatic rings. The fraction of sp³-hybridized carbons (Fsp3) is 0. The molecule has 0 saturated heterocycles. The molecule has 38 valence electrons. The Morgan fingerprint density at radius 2 is 1.14 bits per heavy atom. The maximum atomic E-state index is 8.41. The normalized spacial score (nSPS) is 3.43. The summed E-state index contributed by atoms with van der Waals surface area (Å²) in [6.45, 7) is 0. The second kappa shape index (κ2) is 30.5. The van der Waals surface area contributed by atoms with Crippen molar-refractivity contribution in [3.63, 3.8) is 0 Å². The molecule has 0 aliphatic carbocycles. The van der Waals surface area contributed by atoms with Gasteiger partial charge in [-0.15, -0.1) is 0 Å². The standard InChI is InChI=1S/Li.Mn.HO2P.2O/c;;1-3-2;;/h;;3H;;. The first-order valence-corrected chi connectivity index (χ1v) is 2.50. The Balaban J connectivity index is -0.0000000400. The Kier molecular flexibility index (Phi) is 68.1. The Morgan fingerprint density at radius 3 is 1.14 bits per heavy atom. The van der Waals surface area contributed by atoms with Crippen LogP contribution < -0.4 is 0 Å². The molecule has 0 N–H and O–H groups in total. The van der Waals surface area contributed by atoms with E-state index >= 15 is 0 Å². The van der Waals surface area contributed by atoms with Gasteiger partial charge in [-0.2, -0.15) is 0 Å². The van der Waals surface area contributed by atoms with Gasteiger partial charge in [-0.05, 0) is 0 Å². The molecular formula is HLiMnO4P. The molecule has 0 spiro atoms. The molecule has 1 radical (unpaired) electrons. The molecule has 0 atom stereocenters. The Morgan fingerprint density at radius 1 is 1.14 bits per heavy atom. The third-order valence-electron chi connectivity index (χ3n) is 0. The first-order chi connectivity index (χ1) is 2.83. The van der Waals surface area contributed by atoms with Gasteiger partial charge in [-0.3, -0.25) is 0 Å². The van der Waals surface area contributed by atoms with Crippen LogP contribution in [0.3, 0.4) is 0 Å². The van der Waals surface area contributed by atoms with Gasteiger partial charge in [0.25, 0.3) is 0 Å². The van der Waals surface area contributed by atoms with Crippen molar-refractivity contribution in [1.29, 1.82) is 0 Å². The SMILES string of the molecule is O=[PH]=O.[Li].[O]=[Mn]=[O]. The Labute approximate surface area is 59.0 Å². The van der Waals surface area contributed by atoms with E-state index in [0.29, 0.717) is 0 Å². The number of hydrogen-bond donors (Lipinski definition) is 0. The molecule has 0 heterocycles. The Bertz CT molecular complexity index is 65.7. The van der Waals surface area contributed by atoms with Crippen LogP contribution in [0.5, 0.6) is 0 Å². The molecule has 0 rings (SSSR count). The van der Waals surface area contributed by atoms with Crippen molar-refractivity contribution in [2.24, 2.45) is 0 Å². The van der Waals surface area contributed by atoms with Gasteiger partial charge < -0.3 is 0 Å². The topological polar surface area (TPSA) is 68.3 Å². The van der Waals surface area contributed by atoms with Crippen molar-refractivity contribution in [2.45, 2.75) is 0 Å². The van der Waals surface area contributed by atoms with Crippen LogP contribution in [0.1, 0.15) is 0 Å². The number of hydrogen-bond acceptors (Lipinski definition) is 4. The molecule has 0 aliphatic rings. The van der Waals surface area contributed by atoms with Crippen molar-refractivity contribution < 1.29 is 31.6 Å². The minimum absolute atomic E-state index is 0. The molecule has 0 aliphatic heterocycles. The fourth-order valence-corrected chi connectivity index (χ4v) is 0. The van der Waals surface area contributed by atoms with Crippen molar-refractivity contribution in [2.75, 3.05) is 0 Å². The maximum absolute atomic E-state index is 8.41. The minimum atomic E-state index is -1.44. The average Bonchev–Trinajstić information content (AvgIpc) is 1.39. The van der Waals surface area contributed by atoms with E-state index in [0.717, 1.165) is 0 Å². The quantitative estimate of drug-likeness (QED) is 0.359. The van der Waals surface area contributed by atoms with Crippen LogP contribution in [-0.4, -0.2) is 18.9 Å². The first kappa shape index (κ1) is 15.6. The zero-order chi connectivity index (χ0) is 5.41. The monoisotopic (exact) mass is 158 g/mol. The number of rotatable bonds is 0. The summed E-state index contributed by atoms with van der Waals surface area (Å²) >= 11 is -1.44. The summed E-state index contributed by atoms with van der Waals surface area (Å²) in [7, 11) is -1.42. The van der Waals surface area contributed by atoms with Crippen LogP contribution in [0.2, 0.25) is 0 Å². The van der Waals surface area contributed by atoms with Crippen LogP contribution in [-0.2, 0) is 31.6 Å². The van der Waals surface area contributed by atoms with E-state index < -0.39 is 23.2 Å². The van der Waals surface area contributed by atoms with Crippen molar-refractivity contribution in [1.82, 2.24) is 0 Å². The predicted octanol–water partition coefficient (Wildman–Crippen LogP) is -0.265. The average molecular weight is 158 g/mol. The van der Waals surface area contributed by atoms with Crippen LogP contribution in [0.25, 0.3) is 0 Å². The van der Waals surface area contributed by atoms with Gasteiger partial charge in [0.2, 0.25) is 0 Å². The van der Waals surface area contributed by atoms with Gasteiger partial charge >= 0.3 is 30.8 Å². The van der Waals surface area contributed by atoms with Crippen molar-refractivity contribution in [3.05, 3.63) is 0 Å². The van der Waals surface area contributed by atoms with Gasteiger partial charge in [0.15, 0.2) is 0 Å². The van der Waals surface area contributed by atoms with E-state index in [1.807, 2.05) is 0 Å². The summed E-state index contributed by atoms with van der Waals surface area (Å²) in [6.07, 6.45) is 0. The second-order valence-corrected chi connectivity index (χ2v) is 0.510. The van der Waals surface area contributed by atoms with Crippen LogP contribution in [0.15, 0.2) is 0 Å². The van der Waals surface area contributed by atoms with Gasteiger partial charge in [-0.1, -0.05) is 0 Å². The molecule has 0 amide bonds. The molecule has 7 heteroatoms. The molecule has 4 nitrogen and oxygen atoms in total. The molecule has 0 saturated carbocycles. The fourth-order valence-electron chi connectivity index (χ4n) is 0. The van der Waals surface area contributed by atoms with Gasteiger partial charge in [0, 0.05) is 18.9 Å². The second-order valence-electron chi connectivity index (χ2n) is 0.146. The van der Waals surface area contributed by atoms with E-state index in [9.17, 15) is 0 Å². The Hall–Kier alpha value is 0.617. The van der Waals surface area contributed by atoms with E-state index in [1.54, 1.807) is 0 Å². The zero-order valence-corrected chi connectivity index (χ0v) is 5.69. The van der Waals surface area contributed by atoms with Gasteiger partial charge in [0.05, 0.1) is 0 Å². The summed E-state index contributed by atoms with van der Waals surface area (Å²) < 4.78 is 33.6. The first-order valence-electron chi connectivity index (χ1n) is 0.717. The zero-order valence-electron chi connectivity index (χ0n) is 3.51. The summed E-state index contributed by atoms with van der Waals surface area (Å²) in [5.74, 6) is 0. The molecular weight excluding hydrogens is 157 g/mol. The molecule has 0 aromatic carbocycles. The summed E-state index contributed by atoms with van der Waals surface area (Å²) in [6, 6.07) is 0. The van der Waals surface area contributed by atoms with E-state index in [-0.39, 0.29) is 18.9 Å². The van der Waals surface area contributed by atoms with Gasteiger partial charge in [-0.25, -0.2) is 9.13 Å². The predicted molar refractivity (Wildman–Crippen MR) is 16.8 cm³/mol. The molecule has 0 fully saturated rings. The summed E-state index contributed by atoms with van der Waals surface area (Å²) in [4.78, 5) is 0.